The van der Waals surface area contributed by atoms with Crippen LogP contribution < -0.4 is 14.5 Å². The summed E-state index contributed by atoms with van der Waals surface area (Å²) in [6, 6.07) is 9.90. The molecule has 1 amide bonds. The third-order valence-corrected chi connectivity index (χ3v) is 5.70. The molecule has 148 valence electrons. The quantitative estimate of drug-likeness (QED) is 0.808. The number of nitrogens with zero attached hydrogens (tertiary/aromatic N) is 5. The zero-order valence-corrected chi connectivity index (χ0v) is 16.3. The molecule has 0 N–H and O–H groups in total. The van der Waals surface area contributed by atoms with Gasteiger partial charge >= 0.3 is 0 Å². The largest absolute Gasteiger partial charge is 0.495 e. The van der Waals surface area contributed by atoms with Gasteiger partial charge in [0.15, 0.2) is 0 Å². The number of ether oxygens (including phenoxy) is 1. The van der Waals surface area contributed by atoms with Gasteiger partial charge < -0.3 is 19.4 Å². The predicted molar refractivity (Wildman–Crippen MR) is 109 cm³/mol. The topological polar surface area (TPSA) is 61.8 Å². The predicted octanol–water partition coefficient (Wildman–Crippen LogP) is 2.05. The third-order valence-electron chi connectivity index (χ3n) is 5.70. The van der Waals surface area contributed by atoms with Crippen molar-refractivity contribution in [2.75, 3.05) is 56.2 Å². The Labute approximate surface area is 165 Å². The highest BCUT2D eigenvalue weighted by Crippen LogP contribution is 2.29. The first-order valence-electron chi connectivity index (χ1n) is 9.95. The minimum absolute atomic E-state index is 0.109. The number of anilines is 2. The highest BCUT2D eigenvalue weighted by atomic mass is 16.5. The number of benzene rings is 1. The molecule has 0 saturated carbocycles. The van der Waals surface area contributed by atoms with Crippen molar-refractivity contribution in [2.24, 2.45) is 5.92 Å². The summed E-state index contributed by atoms with van der Waals surface area (Å²) in [5, 5.41) is 0. The number of hydrogen-bond acceptors (Lipinski definition) is 6. The number of carbonyl (C=O) groups is 1. The first-order chi connectivity index (χ1) is 13.8. The van der Waals surface area contributed by atoms with E-state index in [0.717, 1.165) is 69.5 Å². The van der Waals surface area contributed by atoms with Gasteiger partial charge in [0.05, 0.1) is 12.8 Å². The SMILES string of the molecule is COc1ccccc1N1CCN(C(=O)C2CCN(c3ncccn3)CC2)CC1. The van der Waals surface area contributed by atoms with Crippen LogP contribution in [0.5, 0.6) is 5.75 Å². The summed E-state index contributed by atoms with van der Waals surface area (Å²) in [4.78, 5) is 28.1. The Morgan fingerprint density at radius 1 is 0.929 bits per heavy atom. The third kappa shape index (κ3) is 3.88. The van der Waals surface area contributed by atoms with Crippen LogP contribution in [0.3, 0.4) is 0 Å². The second kappa shape index (κ2) is 8.46. The highest BCUT2D eigenvalue weighted by molar-refractivity contribution is 5.79. The molecule has 3 heterocycles. The fraction of sp³-hybridized carbons (Fsp3) is 0.476. The average molecular weight is 381 g/mol. The number of para-hydroxylation sites is 2. The number of methoxy groups -OCH3 is 1. The van der Waals surface area contributed by atoms with E-state index in [4.69, 9.17) is 4.74 Å². The molecule has 7 heteroatoms. The summed E-state index contributed by atoms with van der Waals surface area (Å²) in [7, 11) is 1.70. The summed E-state index contributed by atoms with van der Waals surface area (Å²) in [6.07, 6.45) is 5.26. The van der Waals surface area contributed by atoms with Crippen LogP contribution in [0.25, 0.3) is 0 Å². The molecule has 28 heavy (non-hydrogen) atoms. The molecule has 0 radical (unpaired) electrons. The van der Waals surface area contributed by atoms with Gasteiger partial charge in [-0.25, -0.2) is 9.97 Å². The average Bonchev–Trinajstić information content (AvgIpc) is 2.79. The van der Waals surface area contributed by atoms with Crippen LogP contribution in [0.15, 0.2) is 42.7 Å². The molecule has 4 rings (SSSR count). The van der Waals surface area contributed by atoms with Crippen molar-refractivity contribution in [3.63, 3.8) is 0 Å². The summed E-state index contributed by atoms with van der Waals surface area (Å²) < 4.78 is 5.48. The zero-order valence-electron chi connectivity index (χ0n) is 16.3. The lowest BCUT2D eigenvalue weighted by Crippen LogP contribution is -2.51. The Kier molecular flexibility index (Phi) is 5.60. The smallest absolute Gasteiger partial charge is 0.225 e. The molecule has 2 aliphatic rings. The van der Waals surface area contributed by atoms with Gasteiger partial charge in [-0.1, -0.05) is 12.1 Å². The van der Waals surface area contributed by atoms with Crippen molar-refractivity contribution in [3.05, 3.63) is 42.7 Å². The van der Waals surface area contributed by atoms with Gasteiger partial charge in [0.25, 0.3) is 0 Å². The van der Waals surface area contributed by atoms with Crippen LogP contribution in [0.4, 0.5) is 11.6 Å². The Balaban J connectivity index is 1.30. The fourth-order valence-corrected chi connectivity index (χ4v) is 4.10. The molecule has 0 atom stereocenters. The molecular weight excluding hydrogens is 354 g/mol. The minimum Gasteiger partial charge on any atom is -0.495 e. The minimum atomic E-state index is 0.109. The van der Waals surface area contributed by atoms with Gasteiger partial charge in [-0.2, -0.15) is 0 Å². The lowest BCUT2D eigenvalue weighted by atomic mass is 9.95. The van der Waals surface area contributed by atoms with Crippen LogP contribution >= 0.6 is 0 Å². The monoisotopic (exact) mass is 381 g/mol. The van der Waals surface area contributed by atoms with Gasteiger partial charge in [-0.05, 0) is 31.0 Å². The molecular formula is C21H27N5O2. The van der Waals surface area contributed by atoms with Crippen LogP contribution in [-0.2, 0) is 4.79 Å². The van der Waals surface area contributed by atoms with E-state index in [1.165, 1.54) is 0 Å². The van der Waals surface area contributed by atoms with Crippen LogP contribution in [0, 0.1) is 5.92 Å². The van der Waals surface area contributed by atoms with Gasteiger partial charge in [0, 0.05) is 57.6 Å². The molecule has 1 aromatic carbocycles. The van der Waals surface area contributed by atoms with E-state index >= 15 is 0 Å². The normalized spacial score (nSPS) is 18.2. The summed E-state index contributed by atoms with van der Waals surface area (Å²) in [5.41, 5.74) is 1.10. The van der Waals surface area contributed by atoms with E-state index in [-0.39, 0.29) is 5.92 Å². The Morgan fingerprint density at radius 3 is 2.29 bits per heavy atom. The Hall–Kier alpha value is -2.83. The zero-order chi connectivity index (χ0) is 19.3. The van der Waals surface area contributed by atoms with Crippen molar-refractivity contribution in [1.82, 2.24) is 14.9 Å². The van der Waals surface area contributed by atoms with E-state index in [1.807, 2.05) is 29.2 Å². The van der Waals surface area contributed by atoms with Crippen LogP contribution in [-0.4, -0.2) is 67.2 Å². The lowest BCUT2D eigenvalue weighted by Gasteiger charge is -2.39. The number of hydrogen-bond donors (Lipinski definition) is 0. The summed E-state index contributed by atoms with van der Waals surface area (Å²) in [6.45, 7) is 4.87. The molecule has 0 aliphatic carbocycles. The van der Waals surface area contributed by atoms with Gasteiger partial charge in [0.1, 0.15) is 5.75 Å². The van der Waals surface area contributed by atoms with Crippen molar-refractivity contribution in [3.8, 4) is 5.75 Å². The van der Waals surface area contributed by atoms with Crippen molar-refractivity contribution in [1.29, 1.82) is 0 Å². The molecule has 2 aromatic rings. The van der Waals surface area contributed by atoms with Crippen molar-refractivity contribution >= 4 is 17.5 Å². The fourth-order valence-electron chi connectivity index (χ4n) is 4.10. The number of rotatable bonds is 4. The summed E-state index contributed by atoms with van der Waals surface area (Å²) in [5.74, 6) is 2.06. The Bertz CT molecular complexity index is 784. The van der Waals surface area contributed by atoms with Crippen LogP contribution in [0.1, 0.15) is 12.8 Å². The van der Waals surface area contributed by atoms with E-state index < -0.39 is 0 Å². The molecule has 2 saturated heterocycles. The number of piperidine rings is 1. The van der Waals surface area contributed by atoms with Crippen molar-refractivity contribution < 1.29 is 9.53 Å². The molecule has 2 aliphatic heterocycles. The summed E-state index contributed by atoms with van der Waals surface area (Å²) >= 11 is 0. The first-order valence-corrected chi connectivity index (χ1v) is 9.95. The van der Waals surface area contributed by atoms with E-state index in [9.17, 15) is 4.79 Å². The van der Waals surface area contributed by atoms with Crippen molar-refractivity contribution in [2.45, 2.75) is 12.8 Å². The Morgan fingerprint density at radius 2 is 1.61 bits per heavy atom. The first kappa shape index (κ1) is 18.5. The molecule has 0 spiro atoms. The van der Waals surface area contributed by atoms with E-state index in [2.05, 4.69) is 25.8 Å². The maximum absolute atomic E-state index is 13.0. The second-order valence-corrected chi connectivity index (χ2v) is 7.29. The second-order valence-electron chi connectivity index (χ2n) is 7.29. The number of aromatic nitrogens is 2. The number of carbonyl (C=O) groups excluding carboxylic acids is 1. The lowest BCUT2D eigenvalue weighted by molar-refractivity contribution is -0.136. The van der Waals surface area contributed by atoms with E-state index in [0.29, 0.717) is 5.91 Å². The standard InChI is InChI=1S/C21H27N5O2/c1-28-19-6-3-2-5-18(19)24-13-15-25(16-14-24)20(27)17-7-11-26(12-8-17)21-22-9-4-10-23-21/h2-6,9-10,17H,7-8,11-16H2,1H3. The molecule has 7 nitrogen and oxygen atoms in total. The molecule has 0 bridgehead atoms. The maximum Gasteiger partial charge on any atom is 0.225 e. The molecule has 1 aromatic heterocycles. The van der Waals surface area contributed by atoms with Gasteiger partial charge in [-0.3, -0.25) is 4.79 Å². The van der Waals surface area contributed by atoms with Gasteiger partial charge in [-0.15, -0.1) is 0 Å². The van der Waals surface area contributed by atoms with Gasteiger partial charge in [0.2, 0.25) is 11.9 Å². The molecule has 0 unspecified atom stereocenters. The molecule has 2 fully saturated rings. The maximum atomic E-state index is 13.0. The van der Waals surface area contributed by atoms with Crippen LogP contribution in [0.2, 0.25) is 0 Å². The number of piperazine rings is 1. The number of amides is 1. The van der Waals surface area contributed by atoms with E-state index in [1.54, 1.807) is 19.5 Å². The highest BCUT2D eigenvalue weighted by Gasteiger charge is 2.31.